The fraction of sp³-hybridized carbons (Fsp3) is 0.500. The highest BCUT2D eigenvalue weighted by atomic mass is 16.5. The summed E-state index contributed by atoms with van der Waals surface area (Å²) in [5.41, 5.74) is 2.54. The van der Waals surface area contributed by atoms with Crippen molar-refractivity contribution in [1.82, 2.24) is 15.0 Å². The first-order valence-electron chi connectivity index (χ1n) is 7.56. The summed E-state index contributed by atoms with van der Waals surface area (Å²) >= 11 is 0. The van der Waals surface area contributed by atoms with Crippen molar-refractivity contribution >= 4 is 0 Å². The molecule has 1 aromatic heterocycles. The van der Waals surface area contributed by atoms with Gasteiger partial charge in [-0.1, -0.05) is 36.3 Å². The summed E-state index contributed by atoms with van der Waals surface area (Å²) in [7, 11) is 0. The number of fused-ring (bicyclic) bond motifs is 1. The van der Waals surface area contributed by atoms with Crippen LogP contribution in [0.4, 0.5) is 0 Å². The number of nitrogens with zero attached hydrogens (tertiary/aromatic N) is 3. The second-order valence-corrected chi connectivity index (χ2v) is 5.47. The van der Waals surface area contributed by atoms with Crippen LogP contribution in [0.1, 0.15) is 42.2 Å². The molecule has 5 nitrogen and oxygen atoms in total. The number of rotatable bonds is 5. The Morgan fingerprint density at radius 3 is 3.05 bits per heavy atom. The third kappa shape index (κ3) is 2.99. The van der Waals surface area contributed by atoms with Gasteiger partial charge in [-0.2, -0.15) is 4.98 Å². The second kappa shape index (κ2) is 6.37. The Kier molecular flexibility index (Phi) is 4.31. The van der Waals surface area contributed by atoms with Crippen molar-refractivity contribution in [3.05, 3.63) is 47.1 Å². The fourth-order valence-electron chi connectivity index (χ4n) is 2.96. The Morgan fingerprint density at radius 1 is 1.38 bits per heavy atom. The Balaban J connectivity index is 1.76. The van der Waals surface area contributed by atoms with E-state index >= 15 is 0 Å². The molecule has 0 spiro atoms. The molecule has 0 bridgehead atoms. The van der Waals surface area contributed by atoms with Gasteiger partial charge in [-0.15, -0.1) is 0 Å². The highest BCUT2D eigenvalue weighted by Crippen LogP contribution is 2.30. The molecular formula is C16H21N3O2. The lowest BCUT2D eigenvalue weighted by molar-refractivity contribution is 0.105. The van der Waals surface area contributed by atoms with Gasteiger partial charge in [0.05, 0.1) is 19.2 Å². The molecule has 1 aliphatic heterocycles. The van der Waals surface area contributed by atoms with Gasteiger partial charge in [-0.3, -0.25) is 4.90 Å². The second-order valence-electron chi connectivity index (χ2n) is 5.47. The van der Waals surface area contributed by atoms with Crippen LogP contribution in [0.5, 0.6) is 0 Å². The zero-order chi connectivity index (χ0) is 14.7. The van der Waals surface area contributed by atoms with Gasteiger partial charge in [0.2, 0.25) is 5.89 Å². The molecule has 0 aliphatic carbocycles. The van der Waals surface area contributed by atoms with Crippen molar-refractivity contribution in [2.24, 2.45) is 0 Å². The number of benzene rings is 1. The van der Waals surface area contributed by atoms with E-state index in [1.807, 2.05) is 6.07 Å². The summed E-state index contributed by atoms with van der Waals surface area (Å²) in [6.45, 7) is 3.72. The van der Waals surface area contributed by atoms with Crippen LogP contribution < -0.4 is 0 Å². The van der Waals surface area contributed by atoms with E-state index in [0.717, 1.165) is 25.8 Å². The van der Waals surface area contributed by atoms with E-state index in [-0.39, 0.29) is 12.6 Å². The number of aliphatic hydroxyl groups is 1. The Morgan fingerprint density at radius 2 is 2.24 bits per heavy atom. The molecule has 1 aromatic carbocycles. The molecular weight excluding hydrogens is 266 g/mol. The van der Waals surface area contributed by atoms with Gasteiger partial charge in [-0.05, 0) is 24.0 Å². The van der Waals surface area contributed by atoms with Crippen LogP contribution in [-0.2, 0) is 19.4 Å². The van der Waals surface area contributed by atoms with Crippen LogP contribution in [0.2, 0.25) is 0 Å². The molecule has 0 radical (unpaired) electrons. The van der Waals surface area contributed by atoms with Crippen molar-refractivity contribution in [2.75, 3.05) is 13.2 Å². The number of hydrogen-bond donors (Lipinski definition) is 1. The molecule has 0 saturated carbocycles. The van der Waals surface area contributed by atoms with E-state index in [0.29, 0.717) is 18.3 Å². The van der Waals surface area contributed by atoms with Crippen molar-refractivity contribution in [3.63, 3.8) is 0 Å². The summed E-state index contributed by atoms with van der Waals surface area (Å²) in [6, 6.07) is 8.34. The average Bonchev–Trinajstić information content (AvgIpc) is 2.95. The quantitative estimate of drug-likeness (QED) is 0.912. The van der Waals surface area contributed by atoms with Gasteiger partial charge >= 0.3 is 0 Å². The van der Waals surface area contributed by atoms with Crippen LogP contribution in [0.15, 0.2) is 28.8 Å². The molecule has 1 unspecified atom stereocenters. The highest BCUT2D eigenvalue weighted by Gasteiger charge is 2.27. The minimum atomic E-state index is 0.0167. The maximum Gasteiger partial charge on any atom is 0.226 e. The standard InChI is InChI=1S/C16H21N3O2/c1-2-5-16-17-15(18-21-16)10-19-9-8-12-6-3-4-7-13(12)14(19)11-20/h3-4,6-7,14,20H,2,5,8-11H2,1H3. The van der Waals surface area contributed by atoms with E-state index in [9.17, 15) is 5.11 Å². The summed E-state index contributed by atoms with van der Waals surface area (Å²) in [5, 5.41) is 13.8. The number of hydrogen-bond acceptors (Lipinski definition) is 5. The van der Waals surface area contributed by atoms with Crippen LogP contribution in [-0.4, -0.2) is 33.3 Å². The third-order valence-corrected chi connectivity index (χ3v) is 4.01. The van der Waals surface area contributed by atoms with Gasteiger partial charge in [-0.25, -0.2) is 0 Å². The molecule has 2 aromatic rings. The summed E-state index contributed by atoms with van der Waals surface area (Å²) < 4.78 is 5.23. The Bertz CT molecular complexity index is 597. The van der Waals surface area contributed by atoms with Crippen LogP contribution >= 0.6 is 0 Å². The zero-order valence-corrected chi connectivity index (χ0v) is 12.3. The average molecular weight is 287 g/mol. The number of aromatic nitrogens is 2. The minimum absolute atomic E-state index is 0.0167. The van der Waals surface area contributed by atoms with E-state index in [2.05, 4.69) is 40.2 Å². The first-order chi connectivity index (χ1) is 10.3. The highest BCUT2D eigenvalue weighted by molar-refractivity contribution is 5.32. The van der Waals surface area contributed by atoms with Gasteiger partial charge in [0.1, 0.15) is 0 Å². The lowest BCUT2D eigenvalue weighted by Gasteiger charge is -2.35. The molecule has 21 heavy (non-hydrogen) atoms. The minimum Gasteiger partial charge on any atom is -0.394 e. The molecule has 3 rings (SSSR count). The first kappa shape index (κ1) is 14.2. The fourth-order valence-corrected chi connectivity index (χ4v) is 2.96. The third-order valence-electron chi connectivity index (χ3n) is 4.01. The molecule has 1 N–H and O–H groups in total. The molecule has 0 fully saturated rings. The van der Waals surface area contributed by atoms with Gasteiger partial charge in [0.15, 0.2) is 5.82 Å². The monoisotopic (exact) mass is 287 g/mol. The van der Waals surface area contributed by atoms with Crippen molar-refractivity contribution in [1.29, 1.82) is 0 Å². The summed E-state index contributed by atoms with van der Waals surface area (Å²) in [4.78, 5) is 6.64. The van der Waals surface area contributed by atoms with Crippen molar-refractivity contribution in [2.45, 2.75) is 38.8 Å². The van der Waals surface area contributed by atoms with Crippen molar-refractivity contribution < 1.29 is 9.63 Å². The van der Waals surface area contributed by atoms with Crippen LogP contribution in [0, 0.1) is 0 Å². The number of aliphatic hydroxyl groups excluding tert-OH is 1. The maximum absolute atomic E-state index is 9.77. The normalized spacial score (nSPS) is 18.7. The molecule has 112 valence electrons. The molecule has 2 heterocycles. The van der Waals surface area contributed by atoms with Gasteiger partial charge in [0.25, 0.3) is 0 Å². The molecule has 1 atom stereocenters. The van der Waals surface area contributed by atoms with E-state index in [4.69, 9.17) is 4.52 Å². The van der Waals surface area contributed by atoms with E-state index in [1.54, 1.807) is 0 Å². The first-order valence-corrected chi connectivity index (χ1v) is 7.56. The smallest absolute Gasteiger partial charge is 0.226 e. The maximum atomic E-state index is 9.77. The lowest BCUT2D eigenvalue weighted by atomic mass is 9.93. The van der Waals surface area contributed by atoms with E-state index < -0.39 is 0 Å². The van der Waals surface area contributed by atoms with E-state index in [1.165, 1.54) is 11.1 Å². The summed E-state index contributed by atoms with van der Waals surface area (Å²) in [5.74, 6) is 1.40. The largest absolute Gasteiger partial charge is 0.394 e. The predicted molar refractivity (Wildman–Crippen MR) is 78.7 cm³/mol. The molecule has 5 heteroatoms. The van der Waals surface area contributed by atoms with Crippen LogP contribution in [0.25, 0.3) is 0 Å². The zero-order valence-electron chi connectivity index (χ0n) is 12.3. The summed E-state index contributed by atoms with van der Waals surface area (Å²) in [6.07, 6.45) is 2.81. The SMILES string of the molecule is CCCc1nc(CN2CCc3ccccc3C2CO)no1. The Labute approximate surface area is 124 Å². The molecule has 0 amide bonds. The van der Waals surface area contributed by atoms with Gasteiger partial charge in [0, 0.05) is 13.0 Å². The topological polar surface area (TPSA) is 62.4 Å². The predicted octanol–water partition coefficient (Wildman–Crippen LogP) is 2.11. The van der Waals surface area contributed by atoms with Gasteiger partial charge < -0.3 is 9.63 Å². The Hall–Kier alpha value is -1.72. The van der Waals surface area contributed by atoms with Crippen molar-refractivity contribution in [3.8, 4) is 0 Å². The van der Waals surface area contributed by atoms with Crippen LogP contribution in [0.3, 0.4) is 0 Å². The molecule has 1 aliphatic rings. The number of aryl methyl sites for hydroxylation is 1. The molecule has 0 saturated heterocycles. The lowest BCUT2D eigenvalue weighted by Crippen LogP contribution is -2.37.